The maximum Gasteiger partial charge on any atom is 0.0465 e. The van der Waals surface area contributed by atoms with Crippen LogP contribution in [-0.4, -0.2) is 34.1 Å². The normalized spacial score (nSPS) is 41.0. The molecule has 0 spiro atoms. The average Bonchev–Trinajstić information content (AvgIpc) is 2.05. The predicted octanol–water partition coefficient (Wildman–Crippen LogP) is 1.24. The minimum atomic E-state index is 0.239. The summed E-state index contributed by atoms with van der Waals surface area (Å²) in [4.78, 5) is 0. The summed E-state index contributed by atoms with van der Waals surface area (Å²) in [5, 5.41) is 19.9. The van der Waals surface area contributed by atoms with E-state index in [0.29, 0.717) is 23.7 Å². The van der Waals surface area contributed by atoms with Crippen LogP contribution in [0.1, 0.15) is 0 Å². The van der Waals surface area contributed by atoms with Crippen LogP contribution >= 0.6 is 31.9 Å². The largest absolute Gasteiger partial charge is 0.396 e. The van der Waals surface area contributed by atoms with Gasteiger partial charge in [-0.3, -0.25) is 0 Å². The van der Waals surface area contributed by atoms with Crippen molar-refractivity contribution in [2.75, 3.05) is 23.9 Å². The minimum Gasteiger partial charge on any atom is -0.396 e. The summed E-state index contributed by atoms with van der Waals surface area (Å²) in [5.41, 5.74) is 0. The minimum absolute atomic E-state index is 0.239. The van der Waals surface area contributed by atoms with Gasteiger partial charge in [0.25, 0.3) is 0 Å². The van der Waals surface area contributed by atoms with Gasteiger partial charge in [-0.25, -0.2) is 0 Å². The lowest BCUT2D eigenvalue weighted by Gasteiger charge is -2.50. The molecule has 0 amide bonds. The van der Waals surface area contributed by atoms with Crippen molar-refractivity contribution < 1.29 is 10.2 Å². The lowest BCUT2D eigenvalue weighted by Crippen LogP contribution is -2.51. The van der Waals surface area contributed by atoms with Gasteiger partial charge >= 0.3 is 0 Å². The highest BCUT2D eigenvalue weighted by Gasteiger charge is 2.47. The third-order valence-electron chi connectivity index (χ3n) is 2.98. The molecule has 0 aliphatic heterocycles. The Morgan fingerprint density at radius 3 is 1.25 bits per heavy atom. The Kier molecular flexibility index (Phi) is 4.51. The zero-order valence-electron chi connectivity index (χ0n) is 6.79. The molecule has 0 saturated heterocycles. The first-order chi connectivity index (χ1) is 5.79. The van der Waals surface area contributed by atoms with Crippen LogP contribution in [0.5, 0.6) is 0 Å². The SMILES string of the molecule is OCC1C(CBr)C(CO)C1CBr. The summed E-state index contributed by atoms with van der Waals surface area (Å²) in [7, 11) is 0. The van der Waals surface area contributed by atoms with Crippen LogP contribution in [0.3, 0.4) is 0 Å². The standard InChI is InChI=1S/C8H14Br2O2/c9-1-5-7(3-11)6(2-10)8(5)4-12/h5-8,11-12H,1-4H2. The van der Waals surface area contributed by atoms with Crippen LogP contribution in [0.25, 0.3) is 0 Å². The van der Waals surface area contributed by atoms with Gasteiger partial charge in [0, 0.05) is 23.9 Å². The monoisotopic (exact) mass is 300 g/mol. The maximum absolute atomic E-state index is 9.08. The van der Waals surface area contributed by atoms with Gasteiger partial charge in [0.1, 0.15) is 0 Å². The first kappa shape index (κ1) is 11.0. The molecular weight excluding hydrogens is 288 g/mol. The molecule has 0 radical (unpaired) electrons. The Hall–Kier alpha value is 0.880. The molecule has 12 heavy (non-hydrogen) atoms. The first-order valence-corrected chi connectivity index (χ1v) is 6.38. The molecule has 0 bridgehead atoms. The third-order valence-corrected chi connectivity index (χ3v) is 4.47. The van der Waals surface area contributed by atoms with Crippen LogP contribution in [0, 0.1) is 23.7 Å². The van der Waals surface area contributed by atoms with Gasteiger partial charge in [0.2, 0.25) is 0 Å². The van der Waals surface area contributed by atoms with Crippen molar-refractivity contribution in [2.45, 2.75) is 0 Å². The molecule has 2 N–H and O–H groups in total. The quantitative estimate of drug-likeness (QED) is 0.767. The molecule has 0 unspecified atom stereocenters. The highest BCUT2D eigenvalue weighted by atomic mass is 79.9. The molecule has 1 aliphatic rings. The molecule has 1 fully saturated rings. The zero-order valence-corrected chi connectivity index (χ0v) is 9.96. The van der Waals surface area contributed by atoms with E-state index >= 15 is 0 Å². The van der Waals surface area contributed by atoms with Gasteiger partial charge in [-0.15, -0.1) is 0 Å². The highest BCUT2D eigenvalue weighted by Crippen LogP contribution is 2.47. The number of aliphatic hydroxyl groups excluding tert-OH is 2. The highest BCUT2D eigenvalue weighted by molar-refractivity contribution is 9.09. The summed E-state index contributed by atoms with van der Waals surface area (Å²) < 4.78 is 0. The van der Waals surface area contributed by atoms with Crippen molar-refractivity contribution in [3.05, 3.63) is 0 Å². The number of alkyl halides is 2. The smallest absolute Gasteiger partial charge is 0.0465 e. The fourth-order valence-corrected chi connectivity index (χ4v) is 4.04. The second kappa shape index (κ2) is 4.94. The molecule has 0 aromatic carbocycles. The molecule has 4 heteroatoms. The van der Waals surface area contributed by atoms with Crippen LogP contribution in [0.4, 0.5) is 0 Å². The fraction of sp³-hybridized carbons (Fsp3) is 1.00. The molecule has 2 nitrogen and oxygen atoms in total. The number of hydrogen-bond donors (Lipinski definition) is 2. The molecule has 0 heterocycles. The summed E-state index contributed by atoms with van der Waals surface area (Å²) >= 11 is 6.82. The Morgan fingerprint density at radius 1 is 0.750 bits per heavy atom. The van der Waals surface area contributed by atoms with E-state index in [0.717, 1.165) is 10.7 Å². The molecule has 0 atom stereocenters. The van der Waals surface area contributed by atoms with Crippen molar-refractivity contribution in [1.29, 1.82) is 0 Å². The summed E-state index contributed by atoms with van der Waals surface area (Å²) in [6.07, 6.45) is 0. The third kappa shape index (κ3) is 1.72. The van der Waals surface area contributed by atoms with Crippen LogP contribution in [0.15, 0.2) is 0 Å². The second-order valence-corrected chi connectivity index (χ2v) is 4.62. The Morgan fingerprint density at radius 2 is 1.08 bits per heavy atom. The van der Waals surface area contributed by atoms with Gasteiger partial charge in [-0.05, 0) is 23.7 Å². The average molecular weight is 302 g/mol. The van der Waals surface area contributed by atoms with Crippen molar-refractivity contribution in [2.24, 2.45) is 23.7 Å². The number of aliphatic hydroxyl groups is 2. The lowest BCUT2D eigenvalue weighted by molar-refractivity contribution is -0.0536. The molecule has 72 valence electrons. The van der Waals surface area contributed by atoms with Crippen molar-refractivity contribution in [3.63, 3.8) is 0 Å². The topological polar surface area (TPSA) is 40.5 Å². The van der Waals surface area contributed by atoms with E-state index in [1.54, 1.807) is 0 Å². The second-order valence-electron chi connectivity index (χ2n) is 3.33. The molecule has 0 aromatic rings. The summed E-state index contributed by atoms with van der Waals surface area (Å²) in [6, 6.07) is 0. The Balaban J connectivity index is 2.52. The van der Waals surface area contributed by atoms with Gasteiger partial charge in [0.15, 0.2) is 0 Å². The molecule has 0 aromatic heterocycles. The number of rotatable bonds is 4. The molecule has 1 aliphatic carbocycles. The molecular formula is C8H14Br2O2. The lowest BCUT2D eigenvalue weighted by atomic mass is 9.59. The van der Waals surface area contributed by atoms with E-state index in [1.165, 1.54) is 0 Å². The van der Waals surface area contributed by atoms with E-state index in [9.17, 15) is 0 Å². The van der Waals surface area contributed by atoms with E-state index < -0.39 is 0 Å². The Labute approximate surface area is 89.6 Å². The van der Waals surface area contributed by atoms with E-state index in [1.807, 2.05) is 0 Å². The molecule has 1 saturated carbocycles. The maximum atomic E-state index is 9.08. The van der Waals surface area contributed by atoms with Gasteiger partial charge in [-0.1, -0.05) is 31.9 Å². The summed E-state index contributed by atoms with van der Waals surface area (Å²) in [5.74, 6) is 1.62. The number of halogens is 2. The van der Waals surface area contributed by atoms with E-state index in [2.05, 4.69) is 31.9 Å². The predicted molar refractivity (Wildman–Crippen MR) is 55.7 cm³/mol. The van der Waals surface area contributed by atoms with Crippen molar-refractivity contribution in [3.8, 4) is 0 Å². The summed E-state index contributed by atoms with van der Waals surface area (Å²) in [6.45, 7) is 0.478. The van der Waals surface area contributed by atoms with Gasteiger partial charge in [-0.2, -0.15) is 0 Å². The van der Waals surface area contributed by atoms with Crippen LogP contribution < -0.4 is 0 Å². The molecule has 1 rings (SSSR count). The van der Waals surface area contributed by atoms with E-state index in [-0.39, 0.29) is 13.2 Å². The van der Waals surface area contributed by atoms with Gasteiger partial charge < -0.3 is 10.2 Å². The fourth-order valence-electron chi connectivity index (χ4n) is 2.12. The number of hydrogen-bond acceptors (Lipinski definition) is 2. The van der Waals surface area contributed by atoms with Crippen LogP contribution in [-0.2, 0) is 0 Å². The van der Waals surface area contributed by atoms with Crippen LogP contribution in [0.2, 0.25) is 0 Å². The van der Waals surface area contributed by atoms with Gasteiger partial charge in [0.05, 0.1) is 0 Å². The van der Waals surface area contributed by atoms with Crippen molar-refractivity contribution >= 4 is 31.9 Å². The van der Waals surface area contributed by atoms with Crippen molar-refractivity contribution in [1.82, 2.24) is 0 Å². The zero-order chi connectivity index (χ0) is 9.14. The Bertz CT molecular complexity index is 103. The van der Waals surface area contributed by atoms with E-state index in [4.69, 9.17) is 10.2 Å². The first-order valence-electron chi connectivity index (χ1n) is 4.13.